The van der Waals surface area contributed by atoms with Gasteiger partial charge < -0.3 is 4.74 Å². The number of hydrogen-bond donors (Lipinski definition) is 0. The lowest BCUT2D eigenvalue weighted by atomic mass is 9.93. The molecule has 0 amide bonds. The Kier molecular flexibility index (Phi) is 13.9. The molecule has 0 radical (unpaired) electrons. The molecule has 0 unspecified atom stereocenters. The van der Waals surface area contributed by atoms with Crippen LogP contribution in [-0.2, 0) is 9.53 Å². The lowest BCUT2D eigenvalue weighted by molar-refractivity contribution is -0.440. The summed E-state index contributed by atoms with van der Waals surface area (Å²) in [7, 11) is -4.93. The Hall–Kier alpha value is -2.39. The van der Waals surface area contributed by atoms with Gasteiger partial charge in [0.15, 0.2) is 0 Å². The van der Waals surface area contributed by atoms with Crippen molar-refractivity contribution in [1.82, 2.24) is 0 Å². The molecule has 0 aliphatic heterocycles. The maximum absolute atomic E-state index is 14.4. The highest BCUT2D eigenvalue weighted by Crippen LogP contribution is 2.63. The molecule has 0 aliphatic rings. The van der Waals surface area contributed by atoms with Crippen molar-refractivity contribution in [2.45, 2.75) is 122 Å². The third-order valence-corrected chi connectivity index (χ3v) is 12.1. The number of halogens is 26. The Morgan fingerprint density at radius 3 is 0.981 bits per heavy atom. The fourth-order valence-electron chi connectivity index (χ4n) is 4.00. The van der Waals surface area contributed by atoms with E-state index in [1.54, 1.807) is 0 Å². The molecular weight excluding hydrogens is 842 g/mol. The van der Waals surface area contributed by atoms with Crippen LogP contribution in [-0.4, -0.2) is 92.2 Å². The van der Waals surface area contributed by atoms with Gasteiger partial charge in [-0.25, -0.2) is 4.79 Å². The lowest BCUT2D eigenvalue weighted by Crippen LogP contribution is -2.70. The van der Waals surface area contributed by atoms with Crippen LogP contribution >= 0.6 is 0 Å². The molecular formula is C24H22F26O2Si. The highest BCUT2D eigenvalue weighted by Gasteiger charge is 2.92. The average molecular weight is 864 g/mol. The summed E-state index contributed by atoms with van der Waals surface area (Å²) < 4.78 is 354. The van der Waals surface area contributed by atoms with Gasteiger partial charge in [-0.05, 0) is 13.3 Å². The molecule has 0 N–H and O–H groups in total. The van der Waals surface area contributed by atoms with Gasteiger partial charge in [0, 0.05) is 18.4 Å². The van der Waals surface area contributed by atoms with Gasteiger partial charge in [-0.3, -0.25) is 0 Å². The molecule has 0 saturated carbocycles. The van der Waals surface area contributed by atoms with E-state index >= 15 is 0 Å². The maximum Gasteiger partial charge on any atom is 0.460 e. The molecule has 0 saturated heterocycles. The minimum Gasteiger partial charge on any atom is -0.462 e. The fraction of sp³-hybridized carbons (Fsp3) is 0.875. The monoisotopic (exact) mass is 864 g/mol. The van der Waals surface area contributed by atoms with Gasteiger partial charge in [0.2, 0.25) is 0 Å². The van der Waals surface area contributed by atoms with Crippen LogP contribution in [0, 0.1) is 0 Å². The molecule has 0 heterocycles. The first kappa shape index (κ1) is 50.6. The second kappa shape index (κ2) is 14.6. The van der Waals surface area contributed by atoms with Crippen molar-refractivity contribution >= 4 is 14.0 Å². The largest absolute Gasteiger partial charge is 0.462 e. The summed E-state index contributed by atoms with van der Waals surface area (Å²) in [6.07, 6.45) is -22.8. The summed E-state index contributed by atoms with van der Waals surface area (Å²) in [5, 5.41) is 0. The number of ether oxygens (including phenoxy) is 1. The zero-order valence-electron chi connectivity index (χ0n) is 25.8. The number of alkyl halides is 26. The first-order chi connectivity index (χ1) is 22.7. The Morgan fingerprint density at radius 2 is 0.736 bits per heavy atom. The Balaban J connectivity index is 6.82. The SMILES string of the molecule is C=C(C)C(=O)OCCC[Si](C)(CCC(F)(F)C(F)(F)C(F)(F)C(F)(F)C(F)(F)C(F)(F)F)CCC(F)(F)C(F)(F)C(F)(F)C(F)(F)C(F)(F)C(F)(F)F. The average Bonchev–Trinajstić information content (AvgIpc) is 2.95. The third kappa shape index (κ3) is 8.71. The molecule has 29 heteroatoms. The molecule has 0 aromatic rings. The van der Waals surface area contributed by atoms with E-state index in [-0.39, 0.29) is 0 Å². The van der Waals surface area contributed by atoms with E-state index in [1.807, 2.05) is 0 Å². The van der Waals surface area contributed by atoms with Gasteiger partial charge in [0.05, 0.1) is 14.7 Å². The Morgan fingerprint density at radius 1 is 0.472 bits per heavy atom. The van der Waals surface area contributed by atoms with E-state index in [4.69, 9.17) is 0 Å². The van der Waals surface area contributed by atoms with Crippen molar-refractivity contribution in [1.29, 1.82) is 0 Å². The van der Waals surface area contributed by atoms with Crippen LogP contribution in [0.4, 0.5) is 114 Å². The first-order valence-corrected chi connectivity index (χ1v) is 16.6. The van der Waals surface area contributed by atoms with Crippen molar-refractivity contribution in [3.05, 3.63) is 12.2 Å². The van der Waals surface area contributed by atoms with E-state index in [2.05, 4.69) is 11.3 Å². The van der Waals surface area contributed by atoms with Crippen molar-refractivity contribution < 1.29 is 124 Å². The van der Waals surface area contributed by atoms with Crippen LogP contribution in [0.5, 0.6) is 0 Å². The first-order valence-electron chi connectivity index (χ1n) is 13.5. The zero-order chi connectivity index (χ0) is 43.3. The van der Waals surface area contributed by atoms with Crippen molar-refractivity contribution in [3.8, 4) is 0 Å². The van der Waals surface area contributed by atoms with E-state index in [0.29, 0.717) is 6.55 Å². The van der Waals surface area contributed by atoms with Crippen LogP contribution in [0.25, 0.3) is 0 Å². The Labute approximate surface area is 279 Å². The summed E-state index contributed by atoms with van der Waals surface area (Å²) in [5.74, 6) is -80.6. The van der Waals surface area contributed by atoms with E-state index in [1.165, 1.54) is 0 Å². The minimum atomic E-state index is -8.37. The molecule has 0 bridgehead atoms. The summed E-state index contributed by atoms with van der Waals surface area (Å²) >= 11 is 0. The number of carbonyl (C=O) groups excluding carboxylic acids is 1. The predicted molar refractivity (Wildman–Crippen MR) is 127 cm³/mol. The minimum absolute atomic E-state index is 0.311. The summed E-state index contributed by atoms with van der Waals surface area (Å²) in [4.78, 5) is 11.4. The zero-order valence-corrected chi connectivity index (χ0v) is 26.8. The maximum atomic E-state index is 14.4. The number of rotatable bonds is 19. The summed E-state index contributed by atoms with van der Waals surface area (Å²) in [6.45, 7) is 3.35. The molecule has 316 valence electrons. The Bertz CT molecular complexity index is 1220. The van der Waals surface area contributed by atoms with Gasteiger partial charge in [0.1, 0.15) is 0 Å². The third-order valence-electron chi connectivity index (χ3n) is 7.59. The molecule has 53 heavy (non-hydrogen) atoms. The highest BCUT2D eigenvalue weighted by atomic mass is 28.3. The number of esters is 1. The van der Waals surface area contributed by atoms with Crippen molar-refractivity contribution in [3.63, 3.8) is 0 Å². The molecule has 2 nitrogen and oxygen atoms in total. The van der Waals surface area contributed by atoms with Gasteiger partial charge in [-0.2, -0.15) is 114 Å². The van der Waals surface area contributed by atoms with Crippen LogP contribution in [0.15, 0.2) is 12.2 Å². The number of carbonyl (C=O) groups is 1. The lowest BCUT2D eigenvalue weighted by Gasteiger charge is -2.41. The molecule has 0 aromatic carbocycles. The number of hydrogen-bond acceptors (Lipinski definition) is 2. The van der Waals surface area contributed by atoms with Crippen LogP contribution < -0.4 is 0 Å². The van der Waals surface area contributed by atoms with Gasteiger partial charge in [0.25, 0.3) is 0 Å². The van der Waals surface area contributed by atoms with Crippen LogP contribution in [0.3, 0.4) is 0 Å². The van der Waals surface area contributed by atoms with Crippen molar-refractivity contribution in [2.24, 2.45) is 0 Å². The smallest absolute Gasteiger partial charge is 0.460 e. The quantitative estimate of drug-likeness (QED) is 0.0425. The van der Waals surface area contributed by atoms with E-state index < -0.39 is 135 Å². The van der Waals surface area contributed by atoms with Crippen molar-refractivity contribution in [2.75, 3.05) is 6.61 Å². The summed E-state index contributed by atoms with van der Waals surface area (Å²) in [5.41, 5.74) is -0.392. The van der Waals surface area contributed by atoms with Gasteiger partial charge in [-0.15, -0.1) is 0 Å². The van der Waals surface area contributed by atoms with Gasteiger partial charge in [-0.1, -0.05) is 31.3 Å². The molecule has 0 fully saturated rings. The standard InChI is InChI=1S/C24H22F26O2Si/c1-11(2)12(51)52-7-4-8-53(3,9-5-13(25,26)15(29,30)17(33,34)19(37,38)21(41,42)23(45,46)47)10-6-14(27,28)16(31,32)18(35,36)20(39,40)22(43,44)24(48,49)50/h1,4-10H2,2-3H3. The van der Waals surface area contributed by atoms with Crippen LogP contribution in [0.2, 0.25) is 24.7 Å². The van der Waals surface area contributed by atoms with Gasteiger partial charge >= 0.3 is 77.5 Å². The second-order valence-electron chi connectivity index (χ2n) is 11.8. The van der Waals surface area contributed by atoms with E-state index in [0.717, 1.165) is 6.92 Å². The molecule has 0 aromatic heterocycles. The second-order valence-corrected chi connectivity index (χ2v) is 17.0. The predicted octanol–water partition coefficient (Wildman–Crippen LogP) is 11.8. The topological polar surface area (TPSA) is 26.3 Å². The summed E-state index contributed by atoms with van der Waals surface area (Å²) in [6, 6.07) is -5.40. The molecule has 0 spiro atoms. The molecule has 0 aliphatic carbocycles. The molecule has 0 atom stereocenters. The molecule has 0 rings (SSSR count). The van der Waals surface area contributed by atoms with E-state index in [9.17, 15) is 119 Å². The normalized spacial score (nSPS) is 15.8. The van der Waals surface area contributed by atoms with Crippen LogP contribution in [0.1, 0.15) is 26.2 Å². The highest BCUT2D eigenvalue weighted by molar-refractivity contribution is 6.78. The fourth-order valence-corrected chi connectivity index (χ4v) is 7.58.